The van der Waals surface area contributed by atoms with E-state index in [2.05, 4.69) is 36.3 Å². The molecule has 8 heteroatoms. The van der Waals surface area contributed by atoms with E-state index >= 15 is 0 Å². The van der Waals surface area contributed by atoms with Crippen LogP contribution in [0.25, 0.3) is 22.5 Å². The number of halogens is 1. The Bertz CT molecular complexity index is 1390. The number of para-hydroxylation sites is 2. The molecule has 3 heterocycles. The predicted molar refractivity (Wildman–Crippen MR) is 123 cm³/mol. The molecule has 0 aliphatic carbocycles. The third-order valence-electron chi connectivity index (χ3n) is 5.03. The third-order valence-corrected chi connectivity index (χ3v) is 5.56. The van der Waals surface area contributed by atoms with Crippen LogP contribution in [0, 0.1) is 6.92 Å². The van der Waals surface area contributed by atoms with Crippen LogP contribution >= 0.6 is 15.9 Å². The molecular formula is C23H17BrN6O. The quantitative estimate of drug-likeness (QED) is 0.402. The minimum atomic E-state index is -0.233. The topological polar surface area (TPSA) is 77.6 Å². The van der Waals surface area contributed by atoms with Gasteiger partial charge in [-0.2, -0.15) is 5.10 Å². The van der Waals surface area contributed by atoms with E-state index in [0.29, 0.717) is 11.3 Å². The standard InChI is InChI=1S/C23H17BrN6O/c1-15-19(13-27-30(15)18-9-6-16(24)7-10-18)23(31)28-17-8-11-22(25-12-17)29-14-26-20-4-2-3-5-21(20)29/h2-14H,1H3,(H,28,31). The number of imidazole rings is 1. The Hall–Kier alpha value is -3.78. The molecule has 0 bridgehead atoms. The molecule has 1 N–H and O–H groups in total. The van der Waals surface area contributed by atoms with E-state index < -0.39 is 0 Å². The van der Waals surface area contributed by atoms with Crippen molar-refractivity contribution in [1.29, 1.82) is 0 Å². The molecule has 0 aliphatic heterocycles. The molecule has 0 fully saturated rings. The summed E-state index contributed by atoms with van der Waals surface area (Å²) < 4.78 is 4.64. The molecule has 0 radical (unpaired) electrons. The molecular weight excluding hydrogens is 456 g/mol. The number of benzene rings is 2. The van der Waals surface area contributed by atoms with Gasteiger partial charge in [0.2, 0.25) is 0 Å². The summed E-state index contributed by atoms with van der Waals surface area (Å²) in [5.41, 5.74) is 4.64. The van der Waals surface area contributed by atoms with Gasteiger partial charge in [-0.15, -0.1) is 0 Å². The zero-order chi connectivity index (χ0) is 21.4. The summed E-state index contributed by atoms with van der Waals surface area (Å²) in [6.07, 6.45) is 4.95. The van der Waals surface area contributed by atoms with Gasteiger partial charge in [-0.1, -0.05) is 28.1 Å². The lowest BCUT2D eigenvalue weighted by Gasteiger charge is -2.08. The van der Waals surface area contributed by atoms with Crippen LogP contribution in [-0.4, -0.2) is 30.2 Å². The lowest BCUT2D eigenvalue weighted by molar-refractivity contribution is 0.102. The number of aromatic nitrogens is 5. The summed E-state index contributed by atoms with van der Waals surface area (Å²) >= 11 is 3.43. The van der Waals surface area contributed by atoms with Crippen molar-refractivity contribution in [3.63, 3.8) is 0 Å². The molecule has 152 valence electrons. The van der Waals surface area contributed by atoms with Crippen molar-refractivity contribution >= 4 is 38.6 Å². The van der Waals surface area contributed by atoms with Crippen molar-refractivity contribution in [1.82, 2.24) is 24.3 Å². The van der Waals surface area contributed by atoms with Crippen molar-refractivity contribution in [3.05, 3.63) is 95.1 Å². The van der Waals surface area contributed by atoms with Gasteiger partial charge in [-0.05, 0) is 55.5 Å². The largest absolute Gasteiger partial charge is 0.320 e. The van der Waals surface area contributed by atoms with E-state index in [1.165, 1.54) is 0 Å². The van der Waals surface area contributed by atoms with Gasteiger partial charge in [-0.3, -0.25) is 9.36 Å². The first-order valence-corrected chi connectivity index (χ1v) is 10.4. The lowest BCUT2D eigenvalue weighted by atomic mass is 10.2. The highest BCUT2D eigenvalue weighted by Crippen LogP contribution is 2.20. The van der Waals surface area contributed by atoms with Gasteiger partial charge in [0.25, 0.3) is 5.91 Å². The number of carbonyl (C=O) groups is 1. The zero-order valence-electron chi connectivity index (χ0n) is 16.5. The molecule has 0 saturated heterocycles. The number of anilines is 1. The van der Waals surface area contributed by atoms with Crippen molar-refractivity contribution in [2.24, 2.45) is 0 Å². The Morgan fingerprint density at radius 3 is 2.55 bits per heavy atom. The highest BCUT2D eigenvalue weighted by Gasteiger charge is 2.16. The minimum absolute atomic E-state index is 0.233. The number of fused-ring (bicyclic) bond motifs is 1. The van der Waals surface area contributed by atoms with E-state index in [1.807, 2.05) is 72.2 Å². The molecule has 0 unspecified atom stereocenters. The number of hydrogen-bond acceptors (Lipinski definition) is 4. The highest BCUT2D eigenvalue weighted by atomic mass is 79.9. The van der Waals surface area contributed by atoms with Crippen molar-refractivity contribution in [3.8, 4) is 11.5 Å². The fourth-order valence-electron chi connectivity index (χ4n) is 3.42. The number of nitrogens with zero attached hydrogens (tertiary/aromatic N) is 5. The fourth-order valence-corrected chi connectivity index (χ4v) is 3.68. The molecule has 3 aromatic heterocycles. The molecule has 0 atom stereocenters. The Morgan fingerprint density at radius 2 is 1.77 bits per heavy atom. The van der Waals surface area contributed by atoms with Gasteiger partial charge in [0.05, 0.1) is 46.1 Å². The molecule has 31 heavy (non-hydrogen) atoms. The summed E-state index contributed by atoms with van der Waals surface area (Å²) in [7, 11) is 0. The third kappa shape index (κ3) is 3.62. The summed E-state index contributed by atoms with van der Waals surface area (Å²) in [5, 5.41) is 7.27. The zero-order valence-corrected chi connectivity index (χ0v) is 18.1. The Labute approximate surface area is 186 Å². The molecule has 7 nitrogen and oxygen atoms in total. The molecule has 0 spiro atoms. The van der Waals surface area contributed by atoms with Crippen LogP contribution in [-0.2, 0) is 0 Å². The van der Waals surface area contributed by atoms with E-state index in [-0.39, 0.29) is 5.91 Å². The van der Waals surface area contributed by atoms with Gasteiger partial charge in [0.1, 0.15) is 12.1 Å². The predicted octanol–water partition coefficient (Wildman–Crippen LogP) is 4.93. The summed E-state index contributed by atoms with van der Waals surface area (Å²) in [6.45, 7) is 1.87. The lowest BCUT2D eigenvalue weighted by Crippen LogP contribution is -2.13. The van der Waals surface area contributed by atoms with Gasteiger partial charge in [0.15, 0.2) is 0 Å². The summed E-state index contributed by atoms with van der Waals surface area (Å²) in [6, 6.07) is 19.3. The molecule has 0 saturated carbocycles. The Morgan fingerprint density at radius 1 is 0.968 bits per heavy atom. The van der Waals surface area contributed by atoms with E-state index in [1.54, 1.807) is 23.4 Å². The second-order valence-corrected chi connectivity index (χ2v) is 7.91. The maximum atomic E-state index is 12.8. The van der Waals surface area contributed by atoms with Crippen molar-refractivity contribution in [2.75, 3.05) is 5.32 Å². The first-order valence-electron chi connectivity index (χ1n) is 9.60. The first kappa shape index (κ1) is 19.2. The van der Waals surface area contributed by atoms with E-state index in [9.17, 15) is 4.79 Å². The van der Waals surface area contributed by atoms with Crippen LogP contribution in [0.2, 0.25) is 0 Å². The van der Waals surface area contributed by atoms with Crippen LogP contribution < -0.4 is 5.32 Å². The first-order chi connectivity index (χ1) is 15.1. The number of carbonyl (C=O) groups excluding carboxylic acids is 1. The number of pyridine rings is 1. The maximum Gasteiger partial charge on any atom is 0.259 e. The Balaban J connectivity index is 1.36. The molecule has 2 aromatic carbocycles. The number of amides is 1. The van der Waals surface area contributed by atoms with Crippen LogP contribution in [0.3, 0.4) is 0 Å². The Kier molecular flexibility index (Phi) is 4.83. The van der Waals surface area contributed by atoms with Gasteiger partial charge in [-0.25, -0.2) is 14.6 Å². The summed E-state index contributed by atoms with van der Waals surface area (Å²) in [5.74, 6) is 0.495. The van der Waals surface area contributed by atoms with Gasteiger partial charge >= 0.3 is 0 Å². The monoisotopic (exact) mass is 472 g/mol. The average molecular weight is 473 g/mol. The molecule has 0 aliphatic rings. The van der Waals surface area contributed by atoms with E-state index in [4.69, 9.17) is 0 Å². The SMILES string of the molecule is Cc1c(C(=O)Nc2ccc(-n3cnc4ccccc43)nc2)cnn1-c1ccc(Br)cc1. The van der Waals surface area contributed by atoms with Crippen LogP contribution in [0.5, 0.6) is 0 Å². The summed E-state index contributed by atoms with van der Waals surface area (Å²) in [4.78, 5) is 21.7. The fraction of sp³-hybridized carbons (Fsp3) is 0.0435. The smallest absolute Gasteiger partial charge is 0.259 e. The maximum absolute atomic E-state index is 12.8. The molecule has 5 rings (SSSR count). The second-order valence-electron chi connectivity index (χ2n) is 6.99. The van der Waals surface area contributed by atoms with Crippen molar-refractivity contribution < 1.29 is 4.79 Å². The van der Waals surface area contributed by atoms with E-state index in [0.717, 1.165) is 32.7 Å². The second kappa shape index (κ2) is 7.81. The number of hydrogen-bond donors (Lipinski definition) is 1. The van der Waals surface area contributed by atoms with Crippen LogP contribution in [0.4, 0.5) is 5.69 Å². The van der Waals surface area contributed by atoms with Crippen LogP contribution in [0.15, 0.2) is 83.9 Å². The highest BCUT2D eigenvalue weighted by molar-refractivity contribution is 9.10. The van der Waals surface area contributed by atoms with Crippen molar-refractivity contribution in [2.45, 2.75) is 6.92 Å². The van der Waals surface area contributed by atoms with Crippen LogP contribution in [0.1, 0.15) is 16.1 Å². The normalized spacial score (nSPS) is 11.0. The van der Waals surface area contributed by atoms with Gasteiger partial charge in [0, 0.05) is 4.47 Å². The number of nitrogens with one attached hydrogen (secondary N) is 1. The molecule has 5 aromatic rings. The molecule has 1 amide bonds. The average Bonchev–Trinajstić information content (AvgIpc) is 3.39. The number of rotatable bonds is 4. The minimum Gasteiger partial charge on any atom is -0.320 e. The van der Waals surface area contributed by atoms with Gasteiger partial charge < -0.3 is 5.32 Å².